The standard InChI is InChI=1S/C43H53N3O7/c1-30(42(50)35-12-6-5-7-13-35)46(2)28-38-26-39(34-19-17-31(29-47)18-20-34)53-43(52-38)36-23-21-33(22-24-36)37-14-10-11-32(25-37)27-44-40(48)15-8-3-4-9-16-41(49)45-51/h5-7,10-14,17-25,30,38-39,42-43,47,50-51H,3-4,8-9,15-16,26-29H2,1-2H3,(H,44,48)(H,45,49)/t30-,38-,39+,42-,43+/m1/s1. The molecule has 1 saturated heterocycles. The summed E-state index contributed by atoms with van der Waals surface area (Å²) >= 11 is 0. The molecule has 0 saturated carbocycles. The molecule has 1 aliphatic heterocycles. The van der Waals surface area contributed by atoms with Gasteiger partial charge < -0.3 is 25.0 Å². The lowest BCUT2D eigenvalue weighted by Crippen LogP contribution is -2.43. The van der Waals surface area contributed by atoms with E-state index in [0.717, 1.165) is 58.2 Å². The number of hydroxylamine groups is 1. The van der Waals surface area contributed by atoms with E-state index < -0.39 is 12.4 Å². The average Bonchev–Trinajstić information content (AvgIpc) is 3.21. The zero-order valence-corrected chi connectivity index (χ0v) is 30.7. The molecule has 4 aromatic carbocycles. The van der Waals surface area contributed by atoms with Crippen molar-refractivity contribution in [2.24, 2.45) is 0 Å². The highest BCUT2D eigenvalue weighted by Gasteiger charge is 2.34. The SMILES string of the molecule is C[C@H]([C@@H](O)c1ccccc1)N(C)C[C@H]1C[C@@H](c2ccc(CO)cc2)O[C@@H](c2ccc(-c3cccc(CNC(=O)CCCCCCC(=O)NO)c3)cc2)O1. The van der Waals surface area contributed by atoms with Crippen molar-refractivity contribution < 1.29 is 34.5 Å². The molecule has 5 rings (SSSR count). The number of hydrogen-bond donors (Lipinski definition) is 5. The number of unbranched alkanes of at least 4 members (excludes halogenated alkanes) is 3. The van der Waals surface area contributed by atoms with Crippen LogP contribution in [0.2, 0.25) is 0 Å². The molecule has 10 nitrogen and oxygen atoms in total. The monoisotopic (exact) mass is 723 g/mol. The average molecular weight is 724 g/mol. The predicted octanol–water partition coefficient (Wildman–Crippen LogP) is 6.91. The van der Waals surface area contributed by atoms with Gasteiger partial charge in [0.15, 0.2) is 6.29 Å². The van der Waals surface area contributed by atoms with Gasteiger partial charge in [-0.3, -0.25) is 19.7 Å². The Morgan fingerprint density at radius 2 is 1.47 bits per heavy atom. The molecule has 4 aromatic rings. The summed E-state index contributed by atoms with van der Waals surface area (Å²) in [4.78, 5) is 25.7. The fraction of sp³-hybridized carbons (Fsp3) is 0.395. The Bertz CT molecular complexity index is 1720. The Hall–Kier alpha value is -4.42. The fourth-order valence-corrected chi connectivity index (χ4v) is 6.65. The van der Waals surface area contributed by atoms with E-state index in [1.165, 1.54) is 0 Å². The minimum atomic E-state index is -0.641. The molecule has 1 heterocycles. The molecule has 10 heteroatoms. The predicted molar refractivity (Wildman–Crippen MR) is 203 cm³/mol. The van der Waals surface area contributed by atoms with E-state index >= 15 is 0 Å². The summed E-state index contributed by atoms with van der Waals surface area (Å²) < 4.78 is 13.2. The van der Waals surface area contributed by atoms with Crippen LogP contribution >= 0.6 is 0 Å². The summed E-state index contributed by atoms with van der Waals surface area (Å²) in [6.07, 6.45) is 2.83. The number of nitrogens with zero attached hydrogens (tertiary/aromatic N) is 1. The normalized spacial score (nSPS) is 18.3. The van der Waals surface area contributed by atoms with Crippen LogP contribution in [-0.2, 0) is 32.2 Å². The van der Waals surface area contributed by atoms with Crippen molar-refractivity contribution in [3.63, 3.8) is 0 Å². The number of ether oxygens (including phenoxy) is 2. The number of aliphatic hydroxyl groups is 2. The highest BCUT2D eigenvalue weighted by molar-refractivity contribution is 5.76. The Labute approximate surface area is 312 Å². The van der Waals surface area contributed by atoms with Gasteiger partial charge >= 0.3 is 0 Å². The molecule has 282 valence electrons. The molecule has 0 unspecified atom stereocenters. The highest BCUT2D eigenvalue weighted by atomic mass is 16.7. The molecule has 1 fully saturated rings. The minimum Gasteiger partial charge on any atom is -0.392 e. The molecule has 0 radical (unpaired) electrons. The van der Waals surface area contributed by atoms with Crippen LogP contribution in [0.25, 0.3) is 11.1 Å². The number of likely N-dealkylation sites (N-methyl/N-ethyl adjacent to an activating group) is 1. The first-order valence-corrected chi connectivity index (χ1v) is 18.6. The third-order valence-electron chi connectivity index (χ3n) is 10.0. The molecule has 0 spiro atoms. The van der Waals surface area contributed by atoms with Crippen LogP contribution in [0, 0.1) is 0 Å². The van der Waals surface area contributed by atoms with Crippen LogP contribution in [0.4, 0.5) is 0 Å². The summed E-state index contributed by atoms with van der Waals surface area (Å²) in [7, 11) is 2.01. The lowest BCUT2D eigenvalue weighted by Gasteiger charge is -2.39. The second-order valence-electron chi connectivity index (χ2n) is 13.9. The van der Waals surface area contributed by atoms with E-state index in [2.05, 4.69) is 28.4 Å². The van der Waals surface area contributed by atoms with E-state index in [0.29, 0.717) is 32.4 Å². The van der Waals surface area contributed by atoms with Crippen molar-refractivity contribution in [3.8, 4) is 11.1 Å². The van der Waals surface area contributed by atoms with Gasteiger partial charge in [-0.25, -0.2) is 5.48 Å². The van der Waals surface area contributed by atoms with Crippen LogP contribution < -0.4 is 10.8 Å². The van der Waals surface area contributed by atoms with Gasteiger partial charge in [-0.1, -0.05) is 110 Å². The summed E-state index contributed by atoms with van der Waals surface area (Å²) in [5.74, 6) is -0.390. The third-order valence-corrected chi connectivity index (χ3v) is 10.0. The maximum absolute atomic E-state index is 12.4. The zero-order valence-electron chi connectivity index (χ0n) is 30.7. The number of aliphatic hydroxyl groups excluding tert-OH is 2. The Balaban J connectivity index is 1.21. The van der Waals surface area contributed by atoms with Crippen LogP contribution in [0.3, 0.4) is 0 Å². The van der Waals surface area contributed by atoms with Crippen LogP contribution in [0.1, 0.15) is 98.2 Å². The van der Waals surface area contributed by atoms with E-state index in [-0.39, 0.29) is 43.1 Å². The van der Waals surface area contributed by atoms with E-state index in [4.69, 9.17) is 14.7 Å². The lowest BCUT2D eigenvalue weighted by molar-refractivity contribution is -0.253. The molecule has 2 amide bonds. The fourth-order valence-electron chi connectivity index (χ4n) is 6.65. The van der Waals surface area contributed by atoms with Crippen LogP contribution in [-0.4, -0.2) is 57.9 Å². The Morgan fingerprint density at radius 3 is 2.15 bits per heavy atom. The Kier molecular flexibility index (Phi) is 15.1. The molecule has 1 aliphatic rings. The lowest BCUT2D eigenvalue weighted by atomic mass is 9.98. The number of carbonyl (C=O) groups excluding carboxylic acids is 2. The number of amides is 2. The minimum absolute atomic E-state index is 0.00527. The molecular weight excluding hydrogens is 670 g/mol. The second kappa shape index (κ2) is 20.1. The van der Waals surface area contributed by atoms with Crippen LogP contribution in [0.15, 0.2) is 103 Å². The maximum Gasteiger partial charge on any atom is 0.243 e. The topological polar surface area (TPSA) is 141 Å². The van der Waals surface area contributed by atoms with Crippen LogP contribution in [0.5, 0.6) is 0 Å². The molecular formula is C43H53N3O7. The van der Waals surface area contributed by atoms with Gasteiger partial charge in [-0.2, -0.15) is 0 Å². The van der Waals surface area contributed by atoms with Gasteiger partial charge in [0, 0.05) is 44.0 Å². The molecule has 0 aromatic heterocycles. The molecule has 53 heavy (non-hydrogen) atoms. The van der Waals surface area contributed by atoms with Crippen molar-refractivity contribution in [1.82, 2.24) is 15.7 Å². The van der Waals surface area contributed by atoms with Gasteiger partial charge in [0.05, 0.1) is 24.9 Å². The van der Waals surface area contributed by atoms with E-state index in [9.17, 15) is 19.8 Å². The molecule has 0 aliphatic carbocycles. The number of nitrogens with one attached hydrogen (secondary N) is 2. The molecule has 5 atom stereocenters. The van der Waals surface area contributed by atoms with E-state index in [1.54, 1.807) is 5.48 Å². The summed E-state index contributed by atoms with van der Waals surface area (Å²) in [5, 5.41) is 32.3. The smallest absolute Gasteiger partial charge is 0.243 e. The van der Waals surface area contributed by atoms with Crippen molar-refractivity contribution in [2.75, 3.05) is 13.6 Å². The largest absolute Gasteiger partial charge is 0.392 e. The summed E-state index contributed by atoms with van der Waals surface area (Å²) in [6, 6.07) is 33.7. The molecule has 0 bridgehead atoms. The summed E-state index contributed by atoms with van der Waals surface area (Å²) in [5.41, 5.74) is 8.34. The Morgan fingerprint density at radius 1 is 0.792 bits per heavy atom. The van der Waals surface area contributed by atoms with Crippen molar-refractivity contribution >= 4 is 11.8 Å². The third kappa shape index (κ3) is 11.8. The zero-order chi connectivity index (χ0) is 37.6. The van der Waals surface area contributed by atoms with Gasteiger partial charge in [0.2, 0.25) is 11.8 Å². The first kappa shape index (κ1) is 39.8. The molecule has 5 N–H and O–H groups in total. The van der Waals surface area contributed by atoms with Crippen molar-refractivity contribution in [3.05, 3.63) is 131 Å². The van der Waals surface area contributed by atoms with E-state index in [1.807, 2.05) is 98.9 Å². The maximum atomic E-state index is 12.4. The number of carbonyl (C=O) groups is 2. The second-order valence-corrected chi connectivity index (χ2v) is 13.9. The van der Waals surface area contributed by atoms with Gasteiger partial charge in [0.1, 0.15) is 0 Å². The van der Waals surface area contributed by atoms with Gasteiger partial charge in [0.25, 0.3) is 0 Å². The quantitative estimate of drug-likeness (QED) is 0.0424. The highest BCUT2D eigenvalue weighted by Crippen LogP contribution is 2.39. The van der Waals surface area contributed by atoms with Crippen molar-refractivity contribution in [2.45, 2.75) is 95.7 Å². The first-order chi connectivity index (χ1) is 25.7. The van der Waals surface area contributed by atoms with Gasteiger partial charge in [-0.05, 0) is 66.3 Å². The van der Waals surface area contributed by atoms with Gasteiger partial charge in [-0.15, -0.1) is 0 Å². The number of rotatable bonds is 18. The van der Waals surface area contributed by atoms with Crippen molar-refractivity contribution in [1.29, 1.82) is 0 Å². The first-order valence-electron chi connectivity index (χ1n) is 18.6. The summed E-state index contributed by atoms with van der Waals surface area (Å²) in [6.45, 7) is 3.04. The number of benzene rings is 4. The number of hydrogen-bond acceptors (Lipinski definition) is 8.